The van der Waals surface area contributed by atoms with E-state index in [1.54, 1.807) is 0 Å². The summed E-state index contributed by atoms with van der Waals surface area (Å²) < 4.78 is 11.4. The van der Waals surface area contributed by atoms with E-state index in [9.17, 15) is 0 Å². The molecule has 1 N–H and O–H groups in total. The molecule has 3 fully saturated rings. The molecular weight excluding hydrogens is 226 g/mol. The van der Waals surface area contributed by atoms with Crippen molar-refractivity contribution in [3.8, 4) is 0 Å². The van der Waals surface area contributed by atoms with Gasteiger partial charge in [-0.25, -0.2) is 0 Å². The third-order valence-electron chi connectivity index (χ3n) is 5.27. The first-order valence-corrected chi connectivity index (χ1v) is 7.62. The average Bonchev–Trinajstić information content (AvgIpc) is 2.87. The van der Waals surface area contributed by atoms with E-state index in [1.807, 2.05) is 0 Å². The Balaban J connectivity index is 1.46. The molecule has 0 radical (unpaired) electrons. The van der Waals surface area contributed by atoms with Gasteiger partial charge in [0.2, 0.25) is 0 Å². The minimum atomic E-state index is 0.317. The molecule has 0 bridgehead atoms. The van der Waals surface area contributed by atoms with Crippen molar-refractivity contribution in [1.29, 1.82) is 0 Å². The Kier molecular flexibility index (Phi) is 3.65. The molecule has 2 saturated heterocycles. The maximum Gasteiger partial charge on any atom is 0.0684 e. The summed E-state index contributed by atoms with van der Waals surface area (Å²) in [7, 11) is 0. The highest BCUT2D eigenvalue weighted by atomic mass is 16.5. The molecule has 0 aromatic carbocycles. The van der Waals surface area contributed by atoms with Crippen LogP contribution in [-0.2, 0) is 9.47 Å². The molecule has 1 saturated carbocycles. The van der Waals surface area contributed by atoms with E-state index in [2.05, 4.69) is 19.2 Å². The second-order valence-corrected chi connectivity index (χ2v) is 6.87. The van der Waals surface area contributed by atoms with Crippen LogP contribution in [0.1, 0.15) is 39.5 Å². The summed E-state index contributed by atoms with van der Waals surface area (Å²) in [4.78, 5) is 0. The van der Waals surface area contributed by atoms with E-state index in [0.29, 0.717) is 17.6 Å². The first kappa shape index (κ1) is 12.9. The molecule has 3 rings (SSSR count). The minimum absolute atomic E-state index is 0.317. The Labute approximate surface area is 111 Å². The van der Waals surface area contributed by atoms with E-state index in [1.165, 1.54) is 25.7 Å². The van der Waals surface area contributed by atoms with Gasteiger partial charge in [-0.2, -0.15) is 0 Å². The zero-order valence-corrected chi connectivity index (χ0v) is 11.8. The second kappa shape index (κ2) is 5.10. The van der Waals surface area contributed by atoms with Gasteiger partial charge in [0.15, 0.2) is 0 Å². The maximum absolute atomic E-state index is 5.94. The molecule has 2 aliphatic heterocycles. The van der Waals surface area contributed by atoms with Gasteiger partial charge in [0.25, 0.3) is 0 Å². The van der Waals surface area contributed by atoms with E-state index in [0.717, 1.165) is 38.2 Å². The predicted octanol–water partition coefficient (Wildman–Crippen LogP) is 2.21. The summed E-state index contributed by atoms with van der Waals surface area (Å²) in [5.41, 5.74) is 0.317. The molecule has 3 heteroatoms. The highest BCUT2D eigenvalue weighted by Gasteiger charge is 2.57. The molecular formula is C15H27NO2. The lowest BCUT2D eigenvalue weighted by Crippen LogP contribution is -2.69. The molecule has 18 heavy (non-hydrogen) atoms. The van der Waals surface area contributed by atoms with Crippen LogP contribution in [0.2, 0.25) is 0 Å². The normalized spacial score (nSPS) is 42.3. The summed E-state index contributed by atoms with van der Waals surface area (Å²) in [5, 5.41) is 3.80. The van der Waals surface area contributed by atoms with Gasteiger partial charge in [-0.15, -0.1) is 0 Å². The third-order valence-corrected chi connectivity index (χ3v) is 5.27. The maximum atomic E-state index is 5.94. The molecule has 104 valence electrons. The minimum Gasteiger partial charge on any atom is -0.381 e. The Morgan fingerprint density at radius 2 is 2.11 bits per heavy atom. The van der Waals surface area contributed by atoms with Crippen molar-refractivity contribution < 1.29 is 9.47 Å². The van der Waals surface area contributed by atoms with Crippen molar-refractivity contribution in [1.82, 2.24) is 5.32 Å². The van der Waals surface area contributed by atoms with Crippen LogP contribution in [0.3, 0.4) is 0 Å². The van der Waals surface area contributed by atoms with Crippen molar-refractivity contribution in [2.45, 2.75) is 51.7 Å². The van der Waals surface area contributed by atoms with Crippen molar-refractivity contribution in [2.75, 3.05) is 26.4 Å². The van der Waals surface area contributed by atoms with Crippen LogP contribution in [0, 0.1) is 17.3 Å². The van der Waals surface area contributed by atoms with Gasteiger partial charge in [0.05, 0.1) is 6.10 Å². The molecule has 4 unspecified atom stereocenters. The molecule has 0 amide bonds. The fourth-order valence-corrected chi connectivity index (χ4v) is 4.19. The van der Waals surface area contributed by atoms with E-state index >= 15 is 0 Å². The standard InChI is InChI=1S/C15H27NO2/c1-15(2)13(12-4-3-8-18-14(12)15)16-7-5-11-6-9-17-10-11/h11-14,16H,3-10H2,1-2H3. The van der Waals surface area contributed by atoms with Crippen LogP contribution in [-0.4, -0.2) is 38.5 Å². The Morgan fingerprint density at radius 3 is 2.89 bits per heavy atom. The van der Waals surface area contributed by atoms with Crippen LogP contribution in [0.15, 0.2) is 0 Å². The van der Waals surface area contributed by atoms with Crippen LogP contribution in [0.25, 0.3) is 0 Å². The molecule has 0 spiro atoms. The largest absolute Gasteiger partial charge is 0.381 e. The lowest BCUT2D eigenvalue weighted by atomic mass is 9.55. The third kappa shape index (κ3) is 2.21. The van der Waals surface area contributed by atoms with E-state index < -0.39 is 0 Å². The number of fused-ring (bicyclic) bond motifs is 1. The lowest BCUT2D eigenvalue weighted by molar-refractivity contribution is -0.192. The SMILES string of the molecule is CC1(C)C(NCCC2CCOC2)C2CCCOC21. The number of ether oxygens (including phenoxy) is 2. The summed E-state index contributed by atoms with van der Waals surface area (Å²) in [6, 6.07) is 0.658. The van der Waals surface area contributed by atoms with Crippen molar-refractivity contribution >= 4 is 0 Å². The average molecular weight is 253 g/mol. The molecule has 0 aromatic heterocycles. The predicted molar refractivity (Wildman–Crippen MR) is 71.6 cm³/mol. The van der Waals surface area contributed by atoms with Gasteiger partial charge >= 0.3 is 0 Å². The van der Waals surface area contributed by atoms with Crippen LogP contribution < -0.4 is 5.32 Å². The first-order valence-electron chi connectivity index (χ1n) is 7.62. The Hall–Kier alpha value is -0.120. The Bertz CT molecular complexity index is 286. The molecule has 4 atom stereocenters. The zero-order valence-electron chi connectivity index (χ0n) is 11.8. The van der Waals surface area contributed by atoms with Crippen LogP contribution >= 0.6 is 0 Å². The van der Waals surface area contributed by atoms with Crippen LogP contribution in [0.4, 0.5) is 0 Å². The first-order chi connectivity index (χ1) is 8.69. The molecule has 3 nitrogen and oxygen atoms in total. The van der Waals surface area contributed by atoms with E-state index in [4.69, 9.17) is 9.47 Å². The fraction of sp³-hybridized carbons (Fsp3) is 1.00. The summed E-state index contributed by atoms with van der Waals surface area (Å²) in [6.45, 7) is 8.77. The lowest BCUT2D eigenvalue weighted by Gasteiger charge is -2.60. The van der Waals surface area contributed by atoms with Gasteiger partial charge in [0.1, 0.15) is 0 Å². The topological polar surface area (TPSA) is 30.5 Å². The van der Waals surface area contributed by atoms with Crippen molar-refractivity contribution in [3.63, 3.8) is 0 Å². The van der Waals surface area contributed by atoms with E-state index in [-0.39, 0.29) is 0 Å². The molecule has 0 aromatic rings. The zero-order chi connectivity index (χ0) is 12.6. The van der Waals surface area contributed by atoms with Gasteiger partial charge in [-0.1, -0.05) is 13.8 Å². The monoisotopic (exact) mass is 253 g/mol. The molecule has 1 aliphatic carbocycles. The van der Waals surface area contributed by atoms with Gasteiger partial charge in [-0.3, -0.25) is 0 Å². The summed E-state index contributed by atoms with van der Waals surface area (Å²) in [6.07, 6.45) is 5.61. The smallest absolute Gasteiger partial charge is 0.0684 e. The highest BCUT2D eigenvalue weighted by molar-refractivity contribution is 5.10. The number of nitrogens with one attached hydrogen (secondary N) is 1. The van der Waals surface area contributed by atoms with Crippen LogP contribution in [0.5, 0.6) is 0 Å². The second-order valence-electron chi connectivity index (χ2n) is 6.87. The van der Waals surface area contributed by atoms with Gasteiger partial charge < -0.3 is 14.8 Å². The fourth-order valence-electron chi connectivity index (χ4n) is 4.19. The quantitative estimate of drug-likeness (QED) is 0.833. The Morgan fingerprint density at radius 1 is 1.22 bits per heavy atom. The highest BCUT2D eigenvalue weighted by Crippen LogP contribution is 2.51. The molecule has 2 heterocycles. The summed E-state index contributed by atoms with van der Waals surface area (Å²) >= 11 is 0. The number of hydrogen-bond donors (Lipinski definition) is 1. The van der Waals surface area contributed by atoms with Gasteiger partial charge in [-0.05, 0) is 38.1 Å². The van der Waals surface area contributed by atoms with Gasteiger partial charge in [0, 0.05) is 37.2 Å². The number of hydrogen-bond acceptors (Lipinski definition) is 3. The molecule has 3 aliphatic rings. The van der Waals surface area contributed by atoms with Crippen molar-refractivity contribution in [2.24, 2.45) is 17.3 Å². The summed E-state index contributed by atoms with van der Waals surface area (Å²) in [5.74, 6) is 1.55. The van der Waals surface area contributed by atoms with Crippen molar-refractivity contribution in [3.05, 3.63) is 0 Å². The number of rotatable bonds is 4.